The van der Waals surface area contributed by atoms with Crippen molar-refractivity contribution in [3.05, 3.63) is 77.5 Å². The molecule has 0 fully saturated rings. The van der Waals surface area contributed by atoms with E-state index in [4.69, 9.17) is 4.74 Å². The van der Waals surface area contributed by atoms with Crippen LogP contribution in [-0.2, 0) is 0 Å². The number of nitrogens with one attached hydrogen (secondary N) is 2. The molecule has 0 saturated heterocycles. The van der Waals surface area contributed by atoms with E-state index in [1.165, 1.54) is 6.33 Å². The molecule has 0 atom stereocenters. The molecule has 5 heteroatoms. The third-order valence-corrected chi connectivity index (χ3v) is 3.62. The molecule has 23 heavy (non-hydrogen) atoms. The number of ether oxygens (including phenoxy) is 1. The second kappa shape index (κ2) is 5.46. The maximum absolute atomic E-state index is 12.0. The lowest BCUT2D eigenvalue weighted by molar-refractivity contribution is 0.483. The fraction of sp³-hybridized carbons (Fsp3) is 0. The van der Waals surface area contributed by atoms with Crippen LogP contribution in [-0.4, -0.2) is 15.0 Å². The first kappa shape index (κ1) is 13.3. The van der Waals surface area contributed by atoms with Crippen molar-refractivity contribution in [1.29, 1.82) is 0 Å². The van der Waals surface area contributed by atoms with Crippen molar-refractivity contribution in [3.8, 4) is 22.6 Å². The zero-order valence-electron chi connectivity index (χ0n) is 12.1. The first-order chi connectivity index (χ1) is 11.3. The maximum Gasteiger partial charge on any atom is 0.260 e. The van der Waals surface area contributed by atoms with Crippen molar-refractivity contribution in [2.75, 3.05) is 0 Å². The van der Waals surface area contributed by atoms with E-state index < -0.39 is 0 Å². The van der Waals surface area contributed by atoms with Gasteiger partial charge in [-0.2, -0.15) is 0 Å². The van der Waals surface area contributed by atoms with Crippen molar-refractivity contribution in [1.82, 2.24) is 15.0 Å². The van der Waals surface area contributed by atoms with Gasteiger partial charge in [-0.15, -0.1) is 0 Å². The lowest BCUT2D eigenvalue weighted by Crippen LogP contribution is -2.05. The van der Waals surface area contributed by atoms with Gasteiger partial charge >= 0.3 is 0 Å². The highest BCUT2D eigenvalue weighted by Gasteiger charge is 2.10. The SMILES string of the molecule is O=c1[nH]cnc2[nH]cc(-c3ccc(Oc4ccccc4)cc3)c12. The van der Waals surface area contributed by atoms with Crippen LogP contribution in [0.15, 0.2) is 71.9 Å². The van der Waals surface area contributed by atoms with Gasteiger partial charge in [0, 0.05) is 11.8 Å². The normalized spacial score (nSPS) is 10.8. The fourth-order valence-electron chi connectivity index (χ4n) is 2.53. The van der Waals surface area contributed by atoms with Gasteiger partial charge in [0.1, 0.15) is 17.1 Å². The summed E-state index contributed by atoms with van der Waals surface area (Å²) >= 11 is 0. The first-order valence-electron chi connectivity index (χ1n) is 7.19. The second-order valence-corrected chi connectivity index (χ2v) is 5.10. The van der Waals surface area contributed by atoms with E-state index in [1.54, 1.807) is 6.20 Å². The Labute approximate surface area is 131 Å². The molecule has 5 nitrogen and oxygen atoms in total. The Hall–Kier alpha value is -3.34. The van der Waals surface area contributed by atoms with Gasteiger partial charge in [0.05, 0.1) is 11.7 Å². The van der Waals surface area contributed by atoms with Crippen molar-refractivity contribution in [2.24, 2.45) is 0 Å². The van der Waals surface area contributed by atoms with E-state index in [0.717, 1.165) is 22.6 Å². The summed E-state index contributed by atoms with van der Waals surface area (Å²) in [6.07, 6.45) is 3.18. The number of para-hydroxylation sites is 1. The molecule has 4 aromatic rings. The number of aromatic amines is 2. The molecule has 0 bridgehead atoms. The Bertz CT molecular complexity index is 1000. The molecular formula is C18H13N3O2. The summed E-state index contributed by atoms with van der Waals surface area (Å²) in [5, 5.41) is 0.559. The van der Waals surface area contributed by atoms with Crippen LogP contribution in [0, 0.1) is 0 Å². The average Bonchev–Trinajstić information content (AvgIpc) is 3.02. The van der Waals surface area contributed by atoms with Gasteiger partial charge in [0.15, 0.2) is 0 Å². The van der Waals surface area contributed by atoms with Crippen LogP contribution in [0.2, 0.25) is 0 Å². The van der Waals surface area contributed by atoms with Gasteiger partial charge in [-0.3, -0.25) is 4.79 Å². The van der Waals surface area contributed by atoms with E-state index in [9.17, 15) is 4.79 Å². The topological polar surface area (TPSA) is 70.8 Å². The molecule has 0 aliphatic rings. The minimum atomic E-state index is -0.157. The van der Waals surface area contributed by atoms with E-state index in [1.807, 2.05) is 54.6 Å². The first-order valence-corrected chi connectivity index (χ1v) is 7.19. The molecule has 112 valence electrons. The van der Waals surface area contributed by atoms with Gasteiger partial charge in [-0.05, 0) is 29.8 Å². The smallest absolute Gasteiger partial charge is 0.260 e. The number of benzene rings is 2. The van der Waals surface area contributed by atoms with Gasteiger partial charge in [0.25, 0.3) is 5.56 Å². The largest absolute Gasteiger partial charge is 0.457 e. The zero-order chi connectivity index (χ0) is 15.6. The Balaban J connectivity index is 1.69. The summed E-state index contributed by atoms with van der Waals surface area (Å²) in [6, 6.07) is 17.2. The van der Waals surface area contributed by atoms with Gasteiger partial charge in [-0.1, -0.05) is 30.3 Å². The molecule has 2 aromatic carbocycles. The number of rotatable bonds is 3. The summed E-state index contributed by atoms with van der Waals surface area (Å²) in [7, 11) is 0. The Morgan fingerprint density at radius 3 is 2.39 bits per heavy atom. The Morgan fingerprint density at radius 2 is 1.61 bits per heavy atom. The molecule has 0 aliphatic heterocycles. The van der Waals surface area contributed by atoms with Crippen LogP contribution in [0.5, 0.6) is 11.5 Å². The summed E-state index contributed by atoms with van der Waals surface area (Å²) in [5.41, 5.74) is 2.17. The summed E-state index contributed by atoms with van der Waals surface area (Å²) in [5.74, 6) is 1.53. The number of H-pyrrole nitrogens is 2. The molecular weight excluding hydrogens is 290 g/mol. The van der Waals surface area contributed by atoms with Crippen LogP contribution in [0.25, 0.3) is 22.2 Å². The predicted octanol–water partition coefficient (Wildman–Crippen LogP) is 3.71. The Kier molecular flexibility index (Phi) is 3.16. The van der Waals surface area contributed by atoms with E-state index >= 15 is 0 Å². The van der Waals surface area contributed by atoms with Crippen LogP contribution < -0.4 is 10.3 Å². The highest BCUT2D eigenvalue weighted by molar-refractivity contribution is 5.92. The van der Waals surface area contributed by atoms with E-state index in [2.05, 4.69) is 15.0 Å². The summed E-state index contributed by atoms with van der Waals surface area (Å²) < 4.78 is 5.77. The molecule has 2 aromatic heterocycles. The maximum atomic E-state index is 12.0. The average molecular weight is 303 g/mol. The minimum Gasteiger partial charge on any atom is -0.457 e. The standard InChI is InChI=1S/C18H13N3O2/c22-18-16-15(10-19-17(16)20-11-21-18)12-6-8-14(9-7-12)23-13-4-2-1-3-5-13/h1-11H,(H2,19,20,21,22). The number of aromatic nitrogens is 3. The third-order valence-electron chi connectivity index (χ3n) is 3.62. The van der Waals surface area contributed by atoms with Crippen molar-refractivity contribution < 1.29 is 4.74 Å². The fourth-order valence-corrected chi connectivity index (χ4v) is 2.53. The van der Waals surface area contributed by atoms with Gasteiger partial charge in [-0.25, -0.2) is 4.98 Å². The second-order valence-electron chi connectivity index (χ2n) is 5.10. The lowest BCUT2D eigenvalue weighted by Gasteiger charge is -2.06. The molecule has 0 unspecified atom stereocenters. The van der Waals surface area contributed by atoms with E-state index in [0.29, 0.717) is 11.0 Å². The zero-order valence-corrected chi connectivity index (χ0v) is 12.1. The van der Waals surface area contributed by atoms with Crippen LogP contribution in [0.1, 0.15) is 0 Å². The molecule has 0 spiro atoms. The predicted molar refractivity (Wildman–Crippen MR) is 88.7 cm³/mol. The van der Waals surface area contributed by atoms with Gasteiger partial charge in [0.2, 0.25) is 0 Å². The Morgan fingerprint density at radius 1 is 0.870 bits per heavy atom. The number of hydrogen-bond donors (Lipinski definition) is 2. The summed E-state index contributed by atoms with van der Waals surface area (Å²) in [6.45, 7) is 0. The van der Waals surface area contributed by atoms with Crippen molar-refractivity contribution in [2.45, 2.75) is 0 Å². The molecule has 0 amide bonds. The molecule has 0 saturated carbocycles. The van der Waals surface area contributed by atoms with E-state index in [-0.39, 0.29) is 5.56 Å². The number of fused-ring (bicyclic) bond motifs is 1. The van der Waals surface area contributed by atoms with Crippen LogP contribution in [0.4, 0.5) is 0 Å². The quantitative estimate of drug-likeness (QED) is 0.606. The minimum absolute atomic E-state index is 0.157. The molecule has 4 rings (SSSR count). The third kappa shape index (κ3) is 2.48. The highest BCUT2D eigenvalue weighted by atomic mass is 16.5. The highest BCUT2D eigenvalue weighted by Crippen LogP contribution is 2.28. The van der Waals surface area contributed by atoms with Crippen LogP contribution >= 0.6 is 0 Å². The lowest BCUT2D eigenvalue weighted by atomic mass is 10.1. The molecule has 2 heterocycles. The molecule has 0 radical (unpaired) electrons. The van der Waals surface area contributed by atoms with Crippen molar-refractivity contribution in [3.63, 3.8) is 0 Å². The van der Waals surface area contributed by atoms with Gasteiger partial charge < -0.3 is 14.7 Å². The summed E-state index contributed by atoms with van der Waals surface area (Å²) in [4.78, 5) is 21.8. The molecule has 2 N–H and O–H groups in total. The molecule has 0 aliphatic carbocycles. The monoisotopic (exact) mass is 303 g/mol. The number of hydrogen-bond acceptors (Lipinski definition) is 3. The number of nitrogens with zero attached hydrogens (tertiary/aromatic N) is 1. The van der Waals surface area contributed by atoms with Crippen LogP contribution in [0.3, 0.4) is 0 Å². The van der Waals surface area contributed by atoms with Crippen molar-refractivity contribution >= 4 is 11.0 Å².